The van der Waals surface area contributed by atoms with Gasteiger partial charge in [0.1, 0.15) is 0 Å². The minimum Gasteiger partial charge on any atom is -0.354 e. The smallest absolute Gasteiger partial charge is 0.195 e. The van der Waals surface area contributed by atoms with E-state index in [4.69, 9.17) is 4.98 Å². The summed E-state index contributed by atoms with van der Waals surface area (Å²) < 4.78 is 2.22. The topological polar surface area (TPSA) is 32.6 Å². The van der Waals surface area contributed by atoms with E-state index in [-0.39, 0.29) is 0 Å². The highest BCUT2D eigenvalue weighted by Gasteiger charge is 2.23. The molecule has 0 atom stereocenters. The van der Waals surface area contributed by atoms with Crippen molar-refractivity contribution in [2.24, 2.45) is 0 Å². The van der Waals surface area contributed by atoms with E-state index in [0.29, 0.717) is 6.04 Å². The Balaban J connectivity index is 1.62. The molecule has 4 nitrogen and oxygen atoms in total. The molecule has 0 unspecified atom stereocenters. The molecule has 0 saturated heterocycles. The van der Waals surface area contributed by atoms with E-state index < -0.39 is 0 Å². The van der Waals surface area contributed by atoms with Crippen LogP contribution in [0.2, 0.25) is 0 Å². The Labute approximate surface area is 132 Å². The molecule has 1 saturated carbocycles. The summed E-state index contributed by atoms with van der Waals surface area (Å²) in [5.41, 5.74) is 2.62. The maximum atomic E-state index is 4.82. The first-order valence-electron chi connectivity index (χ1n) is 7.21. The van der Waals surface area contributed by atoms with Crippen LogP contribution in [0, 0.1) is 0 Å². The predicted octanol–water partition coefficient (Wildman–Crippen LogP) is 3.35. The summed E-state index contributed by atoms with van der Waals surface area (Å²) in [5.74, 6) is 1.10. The summed E-state index contributed by atoms with van der Waals surface area (Å²) in [4.78, 5) is 8.16. The van der Waals surface area contributed by atoms with Crippen molar-refractivity contribution in [1.82, 2.24) is 14.7 Å². The van der Waals surface area contributed by atoms with Gasteiger partial charge in [0.25, 0.3) is 0 Å². The Hall–Kier alpha value is -1.37. The second kappa shape index (κ2) is 5.44. The molecule has 1 fully saturated rings. The van der Waals surface area contributed by atoms with E-state index in [0.717, 1.165) is 23.9 Å². The molecular formula is C15H18N4S2. The average molecular weight is 318 g/mol. The Bertz CT molecular complexity index is 724. The van der Waals surface area contributed by atoms with E-state index in [1.165, 1.54) is 24.1 Å². The van der Waals surface area contributed by atoms with Crippen molar-refractivity contribution in [2.45, 2.75) is 32.0 Å². The minimum atomic E-state index is 0.712. The monoisotopic (exact) mass is 318 g/mol. The summed E-state index contributed by atoms with van der Waals surface area (Å²) >= 11 is 3.44. The fraction of sp³-hybridized carbons (Fsp3) is 0.400. The zero-order chi connectivity index (χ0) is 14.2. The third-order valence-electron chi connectivity index (χ3n) is 3.84. The van der Waals surface area contributed by atoms with Crippen molar-refractivity contribution < 1.29 is 0 Å². The van der Waals surface area contributed by atoms with Gasteiger partial charge < -0.3 is 10.2 Å². The van der Waals surface area contributed by atoms with Gasteiger partial charge in [0.05, 0.1) is 5.69 Å². The number of nitrogens with one attached hydrogen (secondary N) is 1. The molecule has 1 aliphatic carbocycles. The molecule has 0 spiro atoms. The SMILES string of the molecule is CN(Cc1ccsc1)c1nc2sccn2c1CNC1CC1. The molecule has 1 aliphatic rings. The van der Waals surface area contributed by atoms with Crippen LogP contribution in [0.5, 0.6) is 0 Å². The highest BCUT2D eigenvalue weighted by Crippen LogP contribution is 2.27. The van der Waals surface area contributed by atoms with Gasteiger partial charge in [-0.2, -0.15) is 11.3 Å². The van der Waals surface area contributed by atoms with Crippen LogP contribution in [0.4, 0.5) is 5.82 Å². The molecule has 21 heavy (non-hydrogen) atoms. The molecule has 1 N–H and O–H groups in total. The van der Waals surface area contributed by atoms with Crippen molar-refractivity contribution in [3.63, 3.8) is 0 Å². The fourth-order valence-corrected chi connectivity index (χ4v) is 3.94. The number of anilines is 1. The van der Waals surface area contributed by atoms with E-state index in [1.54, 1.807) is 22.7 Å². The number of hydrogen-bond donors (Lipinski definition) is 1. The van der Waals surface area contributed by atoms with Crippen LogP contribution in [0.1, 0.15) is 24.1 Å². The number of thiophene rings is 1. The number of thiazole rings is 1. The molecule has 0 aliphatic heterocycles. The molecule has 4 rings (SSSR count). The summed E-state index contributed by atoms with van der Waals surface area (Å²) in [6.45, 7) is 1.80. The van der Waals surface area contributed by atoms with E-state index in [2.05, 4.69) is 50.1 Å². The largest absolute Gasteiger partial charge is 0.354 e. The lowest BCUT2D eigenvalue weighted by atomic mass is 10.3. The Morgan fingerprint density at radius 2 is 2.33 bits per heavy atom. The maximum absolute atomic E-state index is 4.82. The van der Waals surface area contributed by atoms with E-state index in [1.807, 2.05) is 0 Å². The lowest BCUT2D eigenvalue weighted by Gasteiger charge is -2.18. The molecule has 3 heterocycles. The Kier molecular flexibility index (Phi) is 3.45. The molecule has 6 heteroatoms. The average Bonchev–Trinajstić information content (AvgIpc) is 2.90. The van der Waals surface area contributed by atoms with Gasteiger partial charge in [0.15, 0.2) is 10.8 Å². The molecule has 0 aromatic carbocycles. The molecule has 0 bridgehead atoms. The first kappa shape index (κ1) is 13.3. The van der Waals surface area contributed by atoms with Gasteiger partial charge in [-0.15, -0.1) is 11.3 Å². The predicted molar refractivity (Wildman–Crippen MR) is 89.4 cm³/mol. The zero-order valence-electron chi connectivity index (χ0n) is 12.0. The molecule has 0 radical (unpaired) electrons. The van der Waals surface area contributed by atoms with E-state index >= 15 is 0 Å². The molecule has 3 aromatic heterocycles. The highest BCUT2D eigenvalue weighted by molar-refractivity contribution is 7.15. The molecular weight excluding hydrogens is 300 g/mol. The van der Waals surface area contributed by atoms with E-state index in [9.17, 15) is 0 Å². The number of hydrogen-bond acceptors (Lipinski definition) is 5. The van der Waals surface area contributed by atoms with Gasteiger partial charge in [0, 0.05) is 37.8 Å². The Morgan fingerprint density at radius 1 is 1.43 bits per heavy atom. The first-order valence-corrected chi connectivity index (χ1v) is 9.03. The Morgan fingerprint density at radius 3 is 3.10 bits per heavy atom. The van der Waals surface area contributed by atoms with Crippen LogP contribution in [0.15, 0.2) is 28.4 Å². The minimum absolute atomic E-state index is 0.712. The van der Waals surface area contributed by atoms with Gasteiger partial charge in [-0.05, 0) is 35.2 Å². The zero-order valence-corrected chi connectivity index (χ0v) is 13.6. The van der Waals surface area contributed by atoms with Crippen molar-refractivity contribution in [2.75, 3.05) is 11.9 Å². The second-order valence-electron chi connectivity index (χ2n) is 5.58. The molecule has 3 aromatic rings. The fourth-order valence-electron chi connectivity index (χ4n) is 2.55. The summed E-state index contributed by atoms with van der Waals surface area (Å²) in [6, 6.07) is 2.89. The number of imidazole rings is 1. The van der Waals surface area contributed by atoms with Crippen molar-refractivity contribution in [3.05, 3.63) is 39.7 Å². The standard InChI is InChI=1S/C15H18N4S2/c1-18(9-11-4-6-20-10-11)14-13(8-16-12-2-3-12)19-5-7-21-15(19)17-14/h4-7,10,12,16H,2-3,8-9H2,1H3. The van der Waals surface area contributed by atoms with Crippen molar-refractivity contribution >= 4 is 33.5 Å². The van der Waals surface area contributed by atoms with Crippen LogP contribution in [0.25, 0.3) is 4.96 Å². The number of aromatic nitrogens is 2. The first-order chi connectivity index (χ1) is 10.3. The van der Waals surface area contributed by atoms with Crippen LogP contribution in [-0.2, 0) is 13.1 Å². The summed E-state index contributed by atoms with van der Waals surface area (Å²) in [7, 11) is 2.13. The van der Waals surface area contributed by atoms with Crippen LogP contribution >= 0.6 is 22.7 Å². The van der Waals surface area contributed by atoms with Crippen LogP contribution in [0.3, 0.4) is 0 Å². The highest BCUT2D eigenvalue weighted by atomic mass is 32.1. The van der Waals surface area contributed by atoms with Gasteiger partial charge in [-0.1, -0.05) is 0 Å². The third-order valence-corrected chi connectivity index (χ3v) is 5.33. The number of fused-ring (bicyclic) bond motifs is 1. The lowest BCUT2D eigenvalue weighted by molar-refractivity contribution is 0.668. The van der Waals surface area contributed by atoms with Crippen LogP contribution < -0.4 is 10.2 Å². The van der Waals surface area contributed by atoms with Gasteiger partial charge in [-0.3, -0.25) is 4.40 Å². The molecule has 0 amide bonds. The second-order valence-corrected chi connectivity index (χ2v) is 7.23. The lowest BCUT2D eigenvalue weighted by Crippen LogP contribution is -2.22. The van der Waals surface area contributed by atoms with Crippen molar-refractivity contribution in [1.29, 1.82) is 0 Å². The van der Waals surface area contributed by atoms with Crippen molar-refractivity contribution in [3.8, 4) is 0 Å². The summed E-state index contributed by atoms with van der Waals surface area (Å²) in [5, 5.41) is 10.1. The molecule has 110 valence electrons. The third kappa shape index (κ3) is 2.71. The normalized spacial score (nSPS) is 14.9. The quantitative estimate of drug-likeness (QED) is 0.756. The number of nitrogens with zero attached hydrogens (tertiary/aromatic N) is 3. The van der Waals surface area contributed by atoms with Gasteiger partial charge in [0.2, 0.25) is 0 Å². The van der Waals surface area contributed by atoms with Gasteiger partial charge in [-0.25, -0.2) is 4.98 Å². The van der Waals surface area contributed by atoms with Crippen LogP contribution in [-0.4, -0.2) is 22.5 Å². The maximum Gasteiger partial charge on any atom is 0.195 e. The van der Waals surface area contributed by atoms with Gasteiger partial charge >= 0.3 is 0 Å². The number of rotatable bonds is 6. The summed E-state index contributed by atoms with van der Waals surface area (Å²) in [6.07, 6.45) is 4.75.